The Balaban J connectivity index is 1.95. The standard InChI is InChI=1S/C13H19FN4OSSi/c1-21(2,3)9-20-13-17-16-12(18(13)15)8-19-11-6-4-10(14)5-7-11/h4-7H,8-9,15H2,1-3H3. The molecule has 0 amide bonds. The third kappa shape index (κ3) is 4.75. The zero-order chi connectivity index (χ0) is 15.5. The average molecular weight is 326 g/mol. The molecule has 0 atom stereocenters. The molecule has 1 aromatic heterocycles. The third-order valence-corrected chi connectivity index (χ3v) is 7.13. The van der Waals surface area contributed by atoms with Gasteiger partial charge in [0, 0.05) is 0 Å². The predicted molar refractivity (Wildman–Crippen MR) is 85.0 cm³/mol. The van der Waals surface area contributed by atoms with Gasteiger partial charge < -0.3 is 10.6 Å². The van der Waals surface area contributed by atoms with Crippen LogP contribution in [0.25, 0.3) is 0 Å². The summed E-state index contributed by atoms with van der Waals surface area (Å²) in [5, 5.41) is 9.83. The molecule has 5 nitrogen and oxygen atoms in total. The van der Waals surface area contributed by atoms with Gasteiger partial charge in [0.15, 0.2) is 5.82 Å². The van der Waals surface area contributed by atoms with Crippen molar-refractivity contribution in [2.45, 2.75) is 31.4 Å². The summed E-state index contributed by atoms with van der Waals surface area (Å²) in [6.07, 6.45) is 0. The minimum atomic E-state index is -1.17. The van der Waals surface area contributed by atoms with Crippen LogP contribution in [-0.4, -0.2) is 28.3 Å². The van der Waals surface area contributed by atoms with Crippen molar-refractivity contribution in [3.8, 4) is 5.75 Å². The zero-order valence-corrected chi connectivity index (χ0v) is 14.2. The van der Waals surface area contributed by atoms with Crippen LogP contribution in [0.3, 0.4) is 0 Å². The van der Waals surface area contributed by atoms with Crippen LogP contribution in [0.1, 0.15) is 5.82 Å². The second-order valence-electron chi connectivity index (χ2n) is 5.86. The van der Waals surface area contributed by atoms with Crippen molar-refractivity contribution in [2.75, 3.05) is 11.2 Å². The molecule has 0 radical (unpaired) electrons. The molecule has 114 valence electrons. The molecule has 0 aliphatic heterocycles. The zero-order valence-electron chi connectivity index (χ0n) is 12.3. The van der Waals surface area contributed by atoms with Crippen LogP contribution in [-0.2, 0) is 6.61 Å². The lowest BCUT2D eigenvalue weighted by atomic mass is 10.3. The molecular weight excluding hydrogens is 307 g/mol. The highest BCUT2D eigenvalue weighted by molar-refractivity contribution is 8.00. The maximum absolute atomic E-state index is 12.8. The highest BCUT2D eigenvalue weighted by Gasteiger charge is 2.17. The monoisotopic (exact) mass is 326 g/mol. The first-order chi connectivity index (χ1) is 9.85. The van der Waals surface area contributed by atoms with Crippen LogP contribution >= 0.6 is 11.8 Å². The number of halogens is 1. The van der Waals surface area contributed by atoms with Crippen molar-refractivity contribution in [2.24, 2.45) is 0 Å². The number of rotatable bonds is 6. The van der Waals surface area contributed by atoms with Gasteiger partial charge in [-0.1, -0.05) is 31.4 Å². The van der Waals surface area contributed by atoms with Crippen LogP contribution in [0.15, 0.2) is 29.4 Å². The third-order valence-electron chi connectivity index (χ3n) is 2.55. The summed E-state index contributed by atoms with van der Waals surface area (Å²) in [5.74, 6) is 6.78. The lowest BCUT2D eigenvalue weighted by Crippen LogP contribution is -2.24. The number of benzene rings is 1. The molecule has 2 rings (SSSR count). The van der Waals surface area contributed by atoms with Gasteiger partial charge >= 0.3 is 0 Å². The van der Waals surface area contributed by atoms with Crippen molar-refractivity contribution in [3.05, 3.63) is 35.9 Å². The van der Waals surface area contributed by atoms with Gasteiger partial charge in [0.05, 0.1) is 8.07 Å². The number of hydrogen-bond donors (Lipinski definition) is 1. The van der Waals surface area contributed by atoms with E-state index in [1.807, 2.05) is 0 Å². The van der Waals surface area contributed by atoms with Crippen molar-refractivity contribution in [1.82, 2.24) is 14.9 Å². The Labute approximate surface area is 128 Å². The van der Waals surface area contributed by atoms with E-state index in [1.54, 1.807) is 23.9 Å². The summed E-state index contributed by atoms with van der Waals surface area (Å²) in [5.41, 5.74) is 0. The van der Waals surface area contributed by atoms with E-state index in [0.29, 0.717) is 16.7 Å². The average Bonchev–Trinajstić information content (AvgIpc) is 2.76. The summed E-state index contributed by atoms with van der Waals surface area (Å²) in [6, 6.07) is 5.82. The maximum Gasteiger partial charge on any atom is 0.209 e. The van der Waals surface area contributed by atoms with Gasteiger partial charge in [0.1, 0.15) is 18.2 Å². The number of nitrogens with two attached hydrogens (primary N) is 1. The lowest BCUT2D eigenvalue weighted by Gasteiger charge is -2.14. The predicted octanol–water partition coefficient (Wildman–Crippen LogP) is 2.68. The topological polar surface area (TPSA) is 66.0 Å². The Kier molecular flexibility index (Phi) is 4.89. The maximum atomic E-state index is 12.8. The first-order valence-corrected chi connectivity index (χ1v) is 11.2. The molecule has 0 fully saturated rings. The minimum absolute atomic E-state index is 0.197. The van der Waals surface area contributed by atoms with Crippen LogP contribution in [0, 0.1) is 5.82 Å². The van der Waals surface area contributed by atoms with Crippen LogP contribution in [0.5, 0.6) is 5.75 Å². The van der Waals surface area contributed by atoms with Crippen molar-refractivity contribution < 1.29 is 9.13 Å². The number of thioether (sulfide) groups is 1. The number of hydrogen-bond acceptors (Lipinski definition) is 5. The molecule has 1 aromatic carbocycles. The van der Waals surface area contributed by atoms with Gasteiger partial charge in [-0.15, -0.1) is 10.2 Å². The molecule has 0 aliphatic rings. The van der Waals surface area contributed by atoms with E-state index in [4.69, 9.17) is 10.6 Å². The number of nitrogen functional groups attached to an aromatic ring is 1. The van der Waals surface area contributed by atoms with E-state index < -0.39 is 8.07 Å². The molecule has 2 aromatic rings. The second-order valence-corrected chi connectivity index (χ2v) is 12.8. The molecular formula is C13H19FN4OSSi. The Bertz CT molecular complexity index is 597. The van der Waals surface area contributed by atoms with E-state index in [0.717, 1.165) is 5.38 Å². The van der Waals surface area contributed by atoms with Crippen LogP contribution < -0.4 is 10.6 Å². The van der Waals surface area contributed by atoms with E-state index in [1.165, 1.54) is 16.8 Å². The van der Waals surface area contributed by atoms with Crippen molar-refractivity contribution >= 4 is 19.8 Å². The first kappa shape index (κ1) is 15.8. The first-order valence-electron chi connectivity index (χ1n) is 6.56. The Morgan fingerprint density at radius 3 is 2.52 bits per heavy atom. The van der Waals surface area contributed by atoms with Gasteiger partial charge in [-0.3, -0.25) is 0 Å². The summed E-state index contributed by atoms with van der Waals surface area (Å²) in [6.45, 7) is 7.06. The van der Waals surface area contributed by atoms with E-state index in [2.05, 4.69) is 29.8 Å². The van der Waals surface area contributed by atoms with Crippen molar-refractivity contribution in [3.63, 3.8) is 0 Å². The molecule has 0 spiro atoms. The molecule has 0 aliphatic carbocycles. The fraction of sp³-hybridized carbons (Fsp3) is 0.385. The van der Waals surface area contributed by atoms with E-state index in [-0.39, 0.29) is 12.4 Å². The van der Waals surface area contributed by atoms with Gasteiger partial charge in [-0.25, -0.2) is 9.07 Å². The fourth-order valence-corrected chi connectivity index (χ4v) is 4.06. The van der Waals surface area contributed by atoms with Crippen molar-refractivity contribution in [1.29, 1.82) is 0 Å². The molecule has 0 unspecified atom stereocenters. The second kappa shape index (κ2) is 6.48. The number of ether oxygens (including phenoxy) is 1. The highest BCUT2D eigenvalue weighted by atomic mass is 32.2. The van der Waals surface area contributed by atoms with E-state index in [9.17, 15) is 4.39 Å². The number of nitrogens with zero attached hydrogens (tertiary/aromatic N) is 3. The van der Waals surface area contributed by atoms with Gasteiger partial charge in [-0.2, -0.15) is 0 Å². The molecule has 2 N–H and O–H groups in total. The van der Waals surface area contributed by atoms with Crippen LogP contribution in [0.2, 0.25) is 19.6 Å². The quantitative estimate of drug-likeness (QED) is 0.502. The smallest absolute Gasteiger partial charge is 0.209 e. The lowest BCUT2D eigenvalue weighted by molar-refractivity contribution is 0.291. The molecule has 8 heteroatoms. The molecule has 0 saturated carbocycles. The summed E-state index contributed by atoms with van der Waals surface area (Å²) in [4.78, 5) is 0. The highest BCUT2D eigenvalue weighted by Crippen LogP contribution is 2.20. The molecule has 1 heterocycles. The minimum Gasteiger partial charge on any atom is -0.486 e. The van der Waals surface area contributed by atoms with Gasteiger partial charge in [0.25, 0.3) is 0 Å². The molecule has 21 heavy (non-hydrogen) atoms. The summed E-state index contributed by atoms with van der Waals surface area (Å²) >= 11 is 1.62. The number of aromatic nitrogens is 3. The Hall–Kier alpha value is -1.54. The summed E-state index contributed by atoms with van der Waals surface area (Å²) < 4.78 is 19.8. The van der Waals surface area contributed by atoms with Gasteiger partial charge in [0.2, 0.25) is 5.16 Å². The van der Waals surface area contributed by atoms with Gasteiger partial charge in [-0.05, 0) is 29.6 Å². The summed E-state index contributed by atoms with van der Waals surface area (Å²) in [7, 11) is -1.17. The SMILES string of the molecule is C[Si](C)(C)CSc1nnc(COc2ccc(F)cc2)n1N. The fourth-order valence-electron chi connectivity index (χ4n) is 1.46. The van der Waals surface area contributed by atoms with Crippen LogP contribution in [0.4, 0.5) is 4.39 Å². The van der Waals surface area contributed by atoms with E-state index >= 15 is 0 Å². The Morgan fingerprint density at radius 2 is 1.90 bits per heavy atom. The Morgan fingerprint density at radius 1 is 1.24 bits per heavy atom. The normalized spacial score (nSPS) is 11.6. The largest absolute Gasteiger partial charge is 0.486 e. The molecule has 0 bridgehead atoms. The molecule has 0 saturated heterocycles.